The minimum absolute atomic E-state index is 0.00177. The standard InChI is InChI=1S/C26H25ClF3N5O3/c1-25(2,37)18(23(31)36)8-10-35-11-9-20-22(35)24(33-14-32-20)34-16-6-7-21(19(27)13-16)38-17-5-3-4-15(12-17)26(28,29)30/h3-7,9,11-14,18,37H,8,10H2,1-2H3,(H2,31,36)(H,32,33,34). The molecule has 2 aromatic heterocycles. The number of carbonyl (C=O) groups excluding carboxylic acids is 1. The molecule has 38 heavy (non-hydrogen) atoms. The second kappa shape index (κ2) is 10.5. The van der Waals surface area contributed by atoms with E-state index in [4.69, 9.17) is 22.1 Å². The van der Waals surface area contributed by atoms with Crippen molar-refractivity contribution >= 4 is 40.0 Å². The van der Waals surface area contributed by atoms with Crippen molar-refractivity contribution in [3.05, 3.63) is 71.6 Å². The maximum absolute atomic E-state index is 13.0. The summed E-state index contributed by atoms with van der Waals surface area (Å²) in [5, 5.41) is 13.7. The summed E-state index contributed by atoms with van der Waals surface area (Å²) in [6.07, 6.45) is -1.01. The molecule has 0 aliphatic carbocycles. The largest absolute Gasteiger partial charge is 0.456 e. The van der Waals surface area contributed by atoms with Crippen LogP contribution in [0.15, 0.2) is 61.1 Å². The summed E-state index contributed by atoms with van der Waals surface area (Å²) in [5.41, 5.74) is 5.24. The molecule has 0 aliphatic rings. The Balaban J connectivity index is 1.55. The number of aliphatic hydroxyl groups is 1. The van der Waals surface area contributed by atoms with E-state index in [1.807, 2.05) is 4.57 Å². The van der Waals surface area contributed by atoms with Gasteiger partial charge in [0.1, 0.15) is 23.3 Å². The van der Waals surface area contributed by atoms with Crippen LogP contribution in [0.5, 0.6) is 11.5 Å². The molecule has 1 atom stereocenters. The van der Waals surface area contributed by atoms with Crippen LogP contribution in [-0.2, 0) is 17.5 Å². The fraction of sp³-hybridized carbons (Fsp3) is 0.269. The maximum atomic E-state index is 13.0. The number of hydrogen-bond acceptors (Lipinski definition) is 6. The van der Waals surface area contributed by atoms with Gasteiger partial charge in [-0.2, -0.15) is 13.2 Å². The van der Waals surface area contributed by atoms with Crippen LogP contribution in [0.2, 0.25) is 5.02 Å². The van der Waals surface area contributed by atoms with Gasteiger partial charge in [0.05, 0.1) is 27.6 Å². The third-order valence-electron chi connectivity index (χ3n) is 5.99. The molecule has 1 amide bonds. The lowest BCUT2D eigenvalue weighted by molar-refractivity contribution is -0.137. The number of amides is 1. The molecule has 2 aromatic carbocycles. The average Bonchev–Trinajstić information content (AvgIpc) is 3.24. The van der Waals surface area contributed by atoms with Gasteiger partial charge in [0.15, 0.2) is 5.82 Å². The first-order chi connectivity index (χ1) is 17.8. The van der Waals surface area contributed by atoms with E-state index in [2.05, 4.69) is 15.3 Å². The highest BCUT2D eigenvalue weighted by Gasteiger charge is 2.32. The van der Waals surface area contributed by atoms with Crippen LogP contribution in [0.1, 0.15) is 25.8 Å². The van der Waals surface area contributed by atoms with Crippen LogP contribution in [0.3, 0.4) is 0 Å². The number of anilines is 2. The second-order valence-corrected chi connectivity index (χ2v) is 9.67. The van der Waals surface area contributed by atoms with Crippen molar-refractivity contribution in [2.45, 2.75) is 38.6 Å². The third-order valence-corrected chi connectivity index (χ3v) is 6.28. The Bertz CT molecular complexity index is 1470. The molecule has 2 heterocycles. The van der Waals surface area contributed by atoms with E-state index in [1.54, 1.807) is 24.4 Å². The molecule has 200 valence electrons. The van der Waals surface area contributed by atoms with E-state index in [0.717, 1.165) is 12.1 Å². The lowest BCUT2D eigenvalue weighted by atomic mass is 9.87. The molecule has 0 aliphatic heterocycles. The molecule has 0 spiro atoms. The molecule has 0 fully saturated rings. The SMILES string of the molecule is CC(C)(O)C(CCn1ccc2ncnc(Nc3ccc(Oc4cccc(C(F)(F)F)c4)c(Cl)c3)c21)C(N)=O. The molecular weight excluding hydrogens is 523 g/mol. The fourth-order valence-corrected chi connectivity index (χ4v) is 4.30. The number of aryl methyl sites for hydroxylation is 1. The number of nitrogens with one attached hydrogen (secondary N) is 1. The van der Waals surface area contributed by atoms with Crippen LogP contribution in [0.25, 0.3) is 11.0 Å². The zero-order chi connectivity index (χ0) is 27.7. The molecule has 12 heteroatoms. The van der Waals surface area contributed by atoms with Gasteiger partial charge in [-0.1, -0.05) is 17.7 Å². The number of ether oxygens (including phenoxy) is 1. The monoisotopic (exact) mass is 547 g/mol. The van der Waals surface area contributed by atoms with Crippen molar-refractivity contribution in [2.24, 2.45) is 11.7 Å². The highest BCUT2D eigenvalue weighted by Crippen LogP contribution is 2.36. The number of carbonyl (C=O) groups is 1. The minimum Gasteiger partial charge on any atom is -0.456 e. The molecule has 0 saturated heterocycles. The number of aromatic nitrogens is 3. The highest BCUT2D eigenvalue weighted by atomic mass is 35.5. The lowest BCUT2D eigenvalue weighted by Gasteiger charge is -2.26. The number of alkyl halides is 3. The maximum Gasteiger partial charge on any atom is 0.416 e. The van der Waals surface area contributed by atoms with Gasteiger partial charge in [0.25, 0.3) is 0 Å². The Morgan fingerprint density at radius 3 is 2.61 bits per heavy atom. The molecule has 0 radical (unpaired) electrons. The van der Waals surface area contributed by atoms with E-state index in [-0.39, 0.29) is 16.5 Å². The zero-order valence-electron chi connectivity index (χ0n) is 20.5. The smallest absolute Gasteiger partial charge is 0.416 e. The molecule has 0 bridgehead atoms. The molecule has 4 aromatic rings. The number of fused-ring (bicyclic) bond motifs is 1. The number of rotatable bonds is 9. The number of benzene rings is 2. The normalized spacial score (nSPS) is 12.9. The van der Waals surface area contributed by atoms with Crippen molar-refractivity contribution < 1.29 is 27.8 Å². The van der Waals surface area contributed by atoms with Gasteiger partial charge in [-0.25, -0.2) is 9.97 Å². The Morgan fingerprint density at radius 1 is 1.18 bits per heavy atom. The highest BCUT2D eigenvalue weighted by molar-refractivity contribution is 6.32. The van der Waals surface area contributed by atoms with Crippen molar-refractivity contribution in [3.8, 4) is 11.5 Å². The van der Waals surface area contributed by atoms with E-state index in [1.165, 1.54) is 38.4 Å². The Hall–Kier alpha value is -3.83. The van der Waals surface area contributed by atoms with Crippen LogP contribution < -0.4 is 15.8 Å². The Labute approximate surface area is 221 Å². The van der Waals surface area contributed by atoms with Crippen LogP contribution in [0.4, 0.5) is 24.7 Å². The summed E-state index contributed by atoms with van der Waals surface area (Å²) < 4.78 is 46.4. The van der Waals surface area contributed by atoms with Crippen LogP contribution in [0, 0.1) is 5.92 Å². The second-order valence-electron chi connectivity index (χ2n) is 9.26. The first-order valence-electron chi connectivity index (χ1n) is 11.6. The molecule has 0 saturated carbocycles. The summed E-state index contributed by atoms with van der Waals surface area (Å²) in [4.78, 5) is 20.5. The summed E-state index contributed by atoms with van der Waals surface area (Å²) in [7, 11) is 0. The van der Waals surface area contributed by atoms with Crippen LogP contribution >= 0.6 is 11.6 Å². The topological polar surface area (TPSA) is 115 Å². The fourth-order valence-electron chi connectivity index (χ4n) is 4.08. The third kappa shape index (κ3) is 6.17. The summed E-state index contributed by atoms with van der Waals surface area (Å²) >= 11 is 6.37. The molecule has 1 unspecified atom stereocenters. The van der Waals surface area contributed by atoms with Crippen molar-refractivity contribution in [2.75, 3.05) is 5.32 Å². The van der Waals surface area contributed by atoms with Crippen molar-refractivity contribution in [3.63, 3.8) is 0 Å². The number of primary amides is 1. The molecule has 4 N–H and O–H groups in total. The molecule has 8 nitrogen and oxygen atoms in total. The van der Waals surface area contributed by atoms with E-state index in [0.29, 0.717) is 35.5 Å². The van der Waals surface area contributed by atoms with Gasteiger partial charge < -0.3 is 25.5 Å². The van der Waals surface area contributed by atoms with Crippen molar-refractivity contribution in [1.82, 2.24) is 14.5 Å². The average molecular weight is 548 g/mol. The summed E-state index contributed by atoms with van der Waals surface area (Å²) in [6, 6.07) is 11.0. The minimum atomic E-state index is -4.49. The van der Waals surface area contributed by atoms with E-state index in [9.17, 15) is 23.1 Å². The van der Waals surface area contributed by atoms with Gasteiger partial charge in [-0.05, 0) is 62.7 Å². The van der Waals surface area contributed by atoms with Crippen molar-refractivity contribution in [1.29, 1.82) is 0 Å². The van der Waals surface area contributed by atoms with Gasteiger partial charge in [0.2, 0.25) is 5.91 Å². The van der Waals surface area contributed by atoms with Gasteiger partial charge in [-0.3, -0.25) is 4.79 Å². The zero-order valence-corrected chi connectivity index (χ0v) is 21.2. The number of hydrogen-bond donors (Lipinski definition) is 3. The van der Waals surface area contributed by atoms with Gasteiger partial charge >= 0.3 is 6.18 Å². The lowest BCUT2D eigenvalue weighted by Crippen LogP contribution is -2.41. The summed E-state index contributed by atoms with van der Waals surface area (Å²) in [5.74, 6) is -0.716. The predicted octanol–water partition coefficient (Wildman–Crippen LogP) is 5.90. The Kier molecular flexibility index (Phi) is 7.52. The number of halogens is 4. The predicted molar refractivity (Wildman–Crippen MR) is 137 cm³/mol. The quantitative estimate of drug-likeness (QED) is 0.240. The van der Waals surface area contributed by atoms with Gasteiger partial charge in [-0.15, -0.1) is 0 Å². The number of nitrogens with two attached hydrogens (primary N) is 1. The molecule has 4 rings (SSSR count). The van der Waals surface area contributed by atoms with Gasteiger partial charge in [0, 0.05) is 18.4 Å². The van der Waals surface area contributed by atoms with E-state index < -0.39 is 29.2 Å². The molecular formula is C26H25ClF3N5O3. The first-order valence-corrected chi connectivity index (χ1v) is 11.9. The first kappa shape index (κ1) is 27.2. The Morgan fingerprint density at radius 2 is 1.95 bits per heavy atom. The number of nitrogens with zero attached hydrogens (tertiary/aromatic N) is 3. The van der Waals surface area contributed by atoms with Crippen LogP contribution in [-0.4, -0.2) is 31.1 Å². The summed E-state index contributed by atoms with van der Waals surface area (Å²) in [6.45, 7) is 3.44. The van der Waals surface area contributed by atoms with E-state index >= 15 is 0 Å².